The van der Waals surface area contributed by atoms with Crippen LogP contribution in [0.4, 0.5) is 13.2 Å². The summed E-state index contributed by atoms with van der Waals surface area (Å²) in [6.45, 7) is 3.20. The highest BCUT2D eigenvalue weighted by atomic mass is 19.4. The summed E-state index contributed by atoms with van der Waals surface area (Å²) in [7, 11) is 1.36. The Hall–Kier alpha value is -0.800. The summed E-state index contributed by atoms with van der Waals surface area (Å²) in [6, 6.07) is -1.26. The molecule has 0 aromatic rings. The van der Waals surface area contributed by atoms with Gasteiger partial charge in [-0.15, -0.1) is 0 Å². The third-order valence-corrected chi connectivity index (χ3v) is 2.73. The molecule has 0 saturated heterocycles. The van der Waals surface area contributed by atoms with Gasteiger partial charge >= 0.3 is 6.18 Å². The van der Waals surface area contributed by atoms with Gasteiger partial charge < -0.3 is 5.73 Å². The van der Waals surface area contributed by atoms with Crippen LogP contribution in [-0.4, -0.2) is 36.2 Å². The molecule has 0 aliphatic rings. The van der Waals surface area contributed by atoms with Crippen LogP contribution in [0.3, 0.4) is 0 Å². The maximum absolute atomic E-state index is 12.8. The molecule has 0 spiro atoms. The Morgan fingerprint density at radius 3 is 2.25 bits per heavy atom. The molecule has 0 aliphatic heterocycles. The number of alkyl halides is 3. The SMILES string of the molecule is CCC(N)C(N(C)C(C)CC#N)C(F)(F)F. The molecule has 6 heteroatoms. The number of rotatable bonds is 5. The van der Waals surface area contributed by atoms with Crippen molar-refractivity contribution < 1.29 is 13.2 Å². The van der Waals surface area contributed by atoms with Gasteiger partial charge in [0.15, 0.2) is 0 Å². The summed E-state index contributed by atoms with van der Waals surface area (Å²) in [4.78, 5) is 1.14. The quantitative estimate of drug-likeness (QED) is 0.794. The lowest BCUT2D eigenvalue weighted by molar-refractivity contribution is -0.190. The predicted molar refractivity (Wildman–Crippen MR) is 55.6 cm³/mol. The minimum absolute atomic E-state index is 0.0551. The molecular formula is C10H18F3N3. The van der Waals surface area contributed by atoms with E-state index in [9.17, 15) is 13.2 Å². The molecule has 2 N–H and O–H groups in total. The first-order chi connectivity index (χ1) is 7.25. The number of nitriles is 1. The van der Waals surface area contributed by atoms with Gasteiger partial charge in [-0.05, 0) is 20.4 Å². The third-order valence-electron chi connectivity index (χ3n) is 2.73. The Balaban J connectivity index is 4.84. The molecule has 0 saturated carbocycles. The molecule has 0 amide bonds. The average Bonchev–Trinajstić information content (AvgIpc) is 2.15. The monoisotopic (exact) mass is 237 g/mol. The zero-order chi connectivity index (χ0) is 12.9. The lowest BCUT2D eigenvalue weighted by Gasteiger charge is -2.36. The van der Waals surface area contributed by atoms with Gasteiger partial charge in [0.2, 0.25) is 0 Å². The number of hydrogen-bond acceptors (Lipinski definition) is 3. The van der Waals surface area contributed by atoms with Gasteiger partial charge in [0, 0.05) is 12.1 Å². The summed E-state index contributed by atoms with van der Waals surface area (Å²) in [5, 5.41) is 8.48. The molecule has 0 aromatic heterocycles. The Labute approximate surface area is 94.0 Å². The Morgan fingerprint density at radius 1 is 1.44 bits per heavy atom. The minimum atomic E-state index is -4.37. The van der Waals surface area contributed by atoms with E-state index in [2.05, 4.69) is 0 Å². The van der Waals surface area contributed by atoms with Crippen molar-refractivity contribution in [3.8, 4) is 6.07 Å². The van der Waals surface area contributed by atoms with Crippen LogP contribution < -0.4 is 5.73 Å². The molecule has 16 heavy (non-hydrogen) atoms. The van der Waals surface area contributed by atoms with Crippen LogP contribution in [0.2, 0.25) is 0 Å². The second-order valence-electron chi connectivity index (χ2n) is 3.94. The van der Waals surface area contributed by atoms with Crippen LogP contribution in [0.1, 0.15) is 26.7 Å². The van der Waals surface area contributed by atoms with E-state index in [0.717, 1.165) is 4.90 Å². The topological polar surface area (TPSA) is 53.0 Å². The first-order valence-corrected chi connectivity index (χ1v) is 5.16. The second kappa shape index (κ2) is 6.06. The number of nitrogens with zero attached hydrogens (tertiary/aromatic N) is 2. The fourth-order valence-corrected chi connectivity index (χ4v) is 1.55. The fourth-order valence-electron chi connectivity index (χ4n) is 1.55. The maximum atomic E-state index is 12.8. The summed E-state index contributed by atoms with van der Waals surface area (Å²) in [5.41, 5.74) is 5.49. The highest BCUT2D eigenvalue weighted by Crippen LogP contribution is 2.28. The van der Waals surface area contributed by atoms with Crippen molar-refractivity contribution >= 4 is 0 Å². The smallest absolute Gasteiger partial charge is 0.326 e. The van der Waals surface area contributed by atoms with Crippen molar-refractivity contribution in [3.05, 3.63) is 0 Å². The molecule has 0 radical (unpaired) electrons. The zero-order valence-corrected chi connectivity index (χ0v) is 9.75. The lowest BCUT2D eigenvalue weighted by Crippen LogP contribution is -2.56. The van der Waals surface area contributed by atoms with Crippen molar-refractivity contribution in [1.82, 2.24) is 4.90 Å². The molecule has 0 heterocycles. The zero-order valence-electron chi connectivity index (χ0n) is 9.75. The van der Waals surface area contributed by atoms with Gasteiger partial charge in [0.25, 0.3) is 0 Å². The highest BCUT2D eigenvalue weighted by Gasteiger charge is 2.46. The summed E-state index contributed by atoms with van der Waals surface area (Å²) in [5.74, 6) is 0. The van der Waals surface area contributed by atoms with Crippen molar-refractivity contribution in [2.24, 2.45) is 5.73 Å². The normalized spacial score (nSPS) is 17.9. The number of halogens is 3. The van der Waals surface area contributed by atoms with E-state index in [1.807, 2.05) is 6.07 Å². The van der Waals surface area contributed by atoms with E-state index >= 15 is 0 Å². The summed E-state index contributed by atoms with van der Waals surface area (Å²) in [6.07, 6.45) is -4.07. The van der Waals surface area contributed by atoms with Gasteiger partial charge in [0.1, 0.15) is 6.04 Å². The van der Waals surface area contributed by atoms with E-state index in [0.29, 0.717) is 0 Å². The Bertz CT molecular complexity index is 247. The third kappa shape index (κ3) is 3.99. The lowest BCUT2D eigenvalue weighted by atomic mass is 10.0. The highest BCUT2D eigenvalue weighted by molar-refractivity contribution is 4.90. The number of hydrogen-bond donors (Lipinski definition) is 1. The van der Waals surface area contributed by atoms with E-state index < -0.39 is 24.3 Å². The molecule has 94 valence electrons. The van der Waals surface area contributed by atoms with Crippen LogP contribution in [0.25, 0.3) is 0 Å². The van der Waals surface area contributed by atoms with Gasteiger partial charge in [-0.1, -0.05) is 6.92 Å². The van der Waals surface area contributed by atoms with E-state index in [4.69, 9.17) is 11.0 Å². The molecule has 3 nitrogen and oxygen atoms in total. The van der Waals surface area contributed by atoms with Crippen molar-refractivity contribution in [1.29, 1.82) is 5.26 Å². The molecule has 0 bridgehead atoms. The fraction of sp³-hybridized carbons (Fsp3) is 0.900. The number of likely N-dealkylation sites (N-methyl/N-ethyl adjacent to an activating group) is 1. The van der Waals surface area contributed by atoms with Crippen LogP contribution >= 0.6 is 0 Å². The maximum Gasteiger partial charge on any atom is 0.405 e. The van der Waals surface area contributed by atoms with Gasteiger partial charge in [-0.25, -0.2) is 0 Å². The Morgan fingerprint density at radius 2 is 1.94 bits per heavy atom. The largest absolute Gasteiger partial charge is 0.405 e. The van der Waals surface area contributed by atoms with E-state index in [1.165, 1.54) is 7.05 Å². The van der Waals surface area contributed by atoms with Crippen LogP contribution in [0.15, 0.2) is 0 Å². The minimum Gasteiger partial charge on any atom is -0.326 e. The average molecular weight is 237 g/mol. The molecule has 0 aliphatic carbocycles. The van der Waals surface area contributed by atoms with Crippen molar-refractivity contribution in [3.63, 3.8) is 0 Å². The van der Waals surface area contributed by atoms with E-state index in [-0.39, 0.29) is 12.8 Å². The standard InChI is InChI=1S/C10H18F3N3/c1-4-8(15)9(10(11,12)13)16(3)7(2)5-6-14/h7-9H,4-5,15H2,1-3H3. The van der Waals surface area contributed by atoms with Gasteiger partial charge in [-0.2, -0.15) is 18.4 Å². The van der Waals surface area contributed by atoms with Crippen LogP contribution in [0.5, 0.6) is 0 Å². The molecular weight excluding hydrogens is 219 g/mol. The van der Waals surface area contributed by atoms with Gasteiger partial charge in [0.05, 0.1) is 12.5 Å². The molecule has 0 aromatic carbocycles. The van der Waals surface area contributed by atoms with Crippen LogP contribution in [0, 0.1) is 11.3 Å². The first-order valence-electron chi connectivity index (χ1n) is 5.16. The second-order valence-corrected chi connectivity index (χ2v) is 3.94. The molecule has 0 fully saturated rings. The van der Waals surface area contributed by atoms with Crippen molar-refractivity contribution in [2.75, 3.05) is 7.05 Å². The predicted octanol–water partition coefficient (Wildman–Crippen LogP) is 1.89. The molecule has 3 unspecified atom stereocenters. The van der Waals surface area contributed by atoms with E-state index in [1.54, 1.807) is 13.8 Å². The molecule has 0 rings (SSSR count). The van der Waals surface area contributed by atoms with Gasteiger partial charge in [-0.3, -0.25) is 4.90 Å². The summed E-state index contributed by atoms with van der Waals surface area (Å²) < 4.78 is 38.4. The van der Waals surface area contributed by atoms with Crippen molar-refractivity contribution in [2.45, 2.75) is 51.0 Å². The first kappa shape index (κ1) is 15.2. The van der Waals surface area contributed by atoms with Crippen LogP contribution in [-0.2, 0) is 0 Å². The summed E-state index contributed by atoms with van der Waals surface area (Å²) >= 11 is 0. The number of nitrogens with two attached hydrogens (primary N) is 1. The molecule has 3 atom stereocenters. The Kier molecular flexibility index (Phi) is 5.76.